The van der Waals surface area contributed by atoms with Crippen molar-refractivity contribution in [3.63, 3.8) is 0 Å². The Balaban J connectivity index is 2.85. The minimum absolute atomic E-state index is 0.0921. The molecular weight excluding hydrogens is 142 g/mol. The average Bonchev–Trinajstić information content (AvgIpc) is 2.09. The summed E-state index contributed by atoms with van der Waals surface area (Å²) in [6.45, 7) is 5.18. The predicted molar refractivity (Wildman–Crippen MR) is 41.7 cm³/mol. The van der Waals surface area contributed by atoms with Crippen LogP contribution in [0.5, 0.6) is 0 Å². The van der Waals surface area contributed by atoms with E-state index in [0.29, 0.717) is 0 Å². The molecule has 1 amide bonds. The number of hydrogen-bond acceptors (Lipinski definition) is 2. The van der Waals surface area contributed by atoms with Crippen LogP contribution in [-0.4, -0.2) is 15.6 Å². The molecule has 0 spiro atoms. The van der Waals surface area contributed by atoms with Crippen LogP contribution in [0.2, 0.25) is 0 Å². The van der Waals surface area contributed by atoms with Gasteiger partial charge in [-0.25, -0.2) is 9.66 Å². The quantitative estimate of drug-likeness (QED) is 0.641. The van der Waals surface area contributed by atoms with Crippen LogP contribution in [-0.2, 0) is 4.79 Å². The monoisotopic (exact) mass is 153 g/mol. The number of nitrogens with one attached hydrogen (secondary N) is 1. The van der Waals surface area contributed by atoms with Gasteiger partial charge in [-0.3, -0.25) is 10.2 Å². The number of carbonyl (C=O) groups excluding carboxylic acids is 1. The highest BCUT2D eigenvalue weighted by molar-refractivity contribution is 5.80. The molecule has 0 fully saturated rings. The second-order valence-electron chi connectivity index (χ2n) is 2.47. The van der Waals surface area contributed by atoms with Gasteiger partial charge < -0.3 is 0 Å². The molecule has 4 heteroatoms. The Hall–Kier alpha value is -1.32. The minimum atomic E-state index is -0.0921. The fraction of sp³-hybridized carbons (Fsp3) is 0.429. The molecule has 1 aromatic heterocycles. The topological polar surface area (TPSA) is 46.9 Å². The van der Waals surface area contributed by atoms with E-state index in [1.54, 1.807) is 10.9 Å². The number of amides is 1. The van der Waals surface area contributed by atoms with E-state index in [-0.39, 0.29) is 5.91 Å². The summed E-state index contributed by atoms with van der Waals surface area (Å²) in [4.78, 5) is 14.7. The minimum Gasteiger partial charge on any atom is -0.274 e. The maximum atomic E-state index is 10.6. The summed E-state index contributed by atoms with van der Waals surface area (Å²) in [5, 5.41) is 0. The van der Waals surface area contributed by atoms with Crippen molar-refractivity contribution in [2.45, 2.75) is 20.8 Å². The fourth-order valence-electron chi connectivity index (χ4n) is 0.901. The van der Waals surface area contributed by atoms with Gasteiger partial charge in [0.25, 0.3) is 0 Å². The van der Waals surface area contributed by atoms with E-state index in [9.17, 15) is 4.79 Å². The normalized spacial score (nSPS) is 9.73. The summed E-state index contributed by atoms with van der Waals surface area (Å²) in [5.41, 5.74) is 3.51. The van der Waals surface area contributed by atoms with Crippen molar-refractivity contribution in [1.29, 1.82) is 0 Å². The first kappa shape index (κ1) is 7.78. The number of carbonyl (C=O) groups is 1. The highest BCUT2D eigenvalue weighted by atomic mass is 16.2. The number of aryl methyl sites for hydroxylation is 2. The molecule has 1 heterocycles. The number of hydrogen-bond donors (Lipinski definition) is 1. The van der Waals surface area contributed by atoms with Crippen LogP contribution in [0.4, 0.5) is 0 Å². The van der Waals surface area contributed by atoms with E-state index in [1.807, 2.05) is 13.8 Å². The molecule has 0 saturated heterocycles. The lowest BCUT2D eigenvalue weighted by molar-refractivity contribution is -0.115. The molecule has 0 aliphatic carbocycles. The van der Waals surface area contributed by atoms with E-state index < -0.39 is 0 Å². The van der Waals surface area contributed by atoms with Crippen LogP contribution >= 0.6 is 0 Å². The standard InChI is InChI=1S/C7H11N3O/c1-5-4-10(6(2)8-5)9-7(3)11/h4H,1-3H3,(H,9,11). The van der Waals surface area contributed by atoms with E-state index >= 15 is 0 Å². The molecule has 11 heavy (non-hydrogen) atoms. The molecule has 0 aromatic carbocycles. The van der Waals surface area contributed by atoms with Crippen LogP contribution in [0, 0.1) is 13.8 Å². The van der Waals surface area contributed by atoms with Crippen LogP contribution in [0.15, 0.2) is 6.20 Å². The summed E-state index contributed by atoms with van der Waals surface area (Å²) >= 11 is 0. The van der Waals surface area contributed by atoms with E-state index in [4.69, 9.17) is 0 Å². The maximum absolute atomic E-state index is 10.6. The lowest BCUT2D eigenvalue weighted by Gasteiger charge is -2.02. The summed E-state index contributed by atoms with van der Waals surface area (Å²) in [6.07, 6.45) is 1.77. The molecule has 0 atom stereocenters. The zero-order chi connectivity index (χ0) is 8.43. The summed E-state index contributed by atoms with van der Waals surface area (Å²) < 4.78 is 1.61. The maximum Gasteiger partial charge on any atom is 0.235 e. The van der Waals surface area contributed by atoms with Crippen molar-refractivity contribution in [3.05, 3.63) is 17.7 Å². The number of rotatable bonds is 1. The van der Waals surface area contributed by atoms with Crippen molar-refractivity contribution in [3.8, 4) is 0 Å². The first-order valence-electron chi connectivity index (χ1n) is 3.40. The zero-order valence-corrected chi connectivity index (χ0v) is 6.88. The second kappa shape index (κ2) is 2.74. The molecule has 0 saturated carbocycles. The highest BCUT2D eigenvalue weighted by Crippen LogP contribution is 1.96. The highest BCUT2D eigenvalue weighted by Gasteiger charge is 1.99. The van der Waals surface area contributed by atoms with E-state index in [1.165, 1.54) is 6.92 Å². The number of imidazole rings is 1. The van der Waals surface area contributed by atoms with Crippen molar-refractivity contribution in [2.24, 2.45) is 0 Å². The van der Waals surface area contributed by atoms with Crippen molar-refractivity contribution >= 4 is 5.91 Å². The molecule has 1 rings (SSSR count). The zero-order valence-electron chi connectivity index (χ0n) is 6.88. The predicted octanol–water partition coefficient (Wildman–Crippen LogP) is 0.590. The first-order chi connectivity index (χ1) is 5.09. The van der Waals surface area contributed by atoms with Crippen LogP contribution < -0.4 is 5.43 Å². The van der Waals surface area contributed by atoms with Crippen molar-refractivity contribution < 1.29 is 4.79 Å². The van der Waals surface area contributed by atoms with Gasteiger partial charge in [-0.05, 0) is 13.8 Å². The third-order valence-electron chi connectivity index (χ3n) is 1.28. The van der Waals surface area contributed by atoms with Crippen molar-refractivity contribution in [2.75, 3.05) is 5.43 Å². The van der Waals surface area contributed by atoms with Crippen LogP contribution in [0.1, 0.15) is 18.4 Å². The molecule has 1 aromatic rings. The lowest BCUT2D eigenvalue weighted by atomic mass is 10.6. The fourth-order valence-corrected chi connectivity index (χ4v) is 0.901. The Morgan fingerprint density at radius 1 is 1.64 bits per heavy atom. The SMILES string of the molecule is CC(=O)Nn1cc(C)nc1C. The Morgan fingerprint density at radius 3 is 2.64 bits per heavy atom. The molecule has 0 unspecified atom stereocenters. The Bertz CT molecular complexity index is 277. The van der Waals surface area contributed by atoms with Gasteiger partial charge in [-0.15, -0.1) is 0 Å². The first-order valence-corrected chi connectivity index (χ1v) is 3.40. The Morgan fingerprint density at radius 2 is 2.27 bits per heavy atom. The Kier molecular flexibility index (Phi) is 1.94. The van der Waals surface area contributed by atoms with Gasteiger partial charge in [0.15, 0.2) is 0 Å². The van der Waals surface area contributed by atoms with Gasteiger partial charge in [-0.1, -0.05) is 0 Å². The van der Waals surface area contributed by atoms with Gasteiger partial charge in [0, 0.05) is 13.1 Å². The van der Waals surface area contributed by atoms with E-state index in [2.05, 4.69) is 10.4 Å². The molecule has 60 valence electrons. The van der Waals surface area contributed by atoms with Gasteiger partial charge in [-0.2, -0.15) is 0 Å². The van der Waals surface area contributed by atoms with E-state index in [0.717, 1.165) is 11.5 Å². The molecule has 0 radical (unpaired) electrons. The largest absolute Gasteiger partial charge is 0.274 e. The second-order valence-corrected chi connectivity index (χ2v) is 2.47. The summed E-state index contributed by atoms with van der Waals surface area (Å²) in [7, 11) is 0. The number of aromatic nitrogens is 2. The van der Waals surface area contributed by atoms with Gasteiger partial charge in [0.05, 0.1) is 5.69 Å². The molecular formula is C7H11N3O. The molecule has 0 aliphatic rings. The summed E-state index contributed by atoms with van der Waals surface area (Å²) in [6, 6.07) is 0. The van der Waals surface area contributed by atoms with Crippen LogP contribution in [0.25, 0.3) is 0 Å². The van der Waals surface area contributed by atoms with Gasteiger partial charge in [0.2, 0.25) is 5.91 Å². The van der Waals surface area contributed by atoms with Crippen molar-refractivity contribution in [1.82, 2.24) is 9.66 Å². The molecule has 0 aliphatic heterocycles. The third-order valence-corrected chi connectivity index (χ3v) is 1.28. The molecule has 1 N–H and O–H groups in total. The third kappa shape index (κ3) is 1.80. The molecule has 0 bridgehead atoms. The van der Waals surface area contributed by atoms with Gasteiger partial charge >= 0.3 is 0 Å². The Labute approximate surface area is 65.2 Å². The average molecular weight is 153 g/mol. The molecule has 4 nitrogen and oxygen atoms in total. The summed E-state index contributed by atoms with van der Waals surface area (Å²) in [5.74, 6) is 0.697. The lowest BCUT2D eigenvalue weighted by Crippen LogP contribution is -2.19. The number of nitrogens with zero attached hydrogens (tertiary/aromatic N) is 2. The smallest absolute Gasteiger partial charge is 0.235 e. The van der Waals surface area contributed by atoms with Gasteiger partial charge in [0.1, 0.15) is 5.82 Å². The van der Waals surface area contributed by atoms with Crippen LogP contribution in [0.3, 0.4) is 0 Å².